The van der Waals surface area contributed by atoms with E-state index in [0.717, 1.165) is 0 Å². The zero-order valence-electron chi connectivity index (χ0n) is 4.15. The van der Waals surface area contributed by atoms with Crippen LogP contribution in [0.15, 0.2) is 22.5 Å². The standard InChI is InChI=1S/C4H6N2O2/c7-3-4(8)1-2-5-6-4/h1-2,7-8H,3H2. The first-order valence-electron chi connectivity index (χ1n) is 2.20. The lowest BCUT2D eigenvalue weighted by Crippen LogP contribution is -2.25. The van der Waals surface area contributed by atoms with Gasteiger partial charge in [-0.2, -0.15) is 5.11 Å². The van der Waals surface area contributed by atoms with Gasteiger partial charge in [-0.25, -0.2) is 0 Å². The van der Waals surface area contributed by atoms with Crippen molar-refractivity contribution in [1.29, 1.82) is 0 Å². The van der Waals surface area contributed by atoms with Gasteiger partial charge in [-0.05, 0) is 6.08 Å². The predicted molar refractivity (Wildman–Crippen MR) is 26.0 cm³/mol. The molecule has 0 amide bonds. The Morgan fingerprint density at radius 1 is 1.62 bits per heavy atom. The van der Waals surface area contributed by atoms with Crippen molar-refractivity contribution in [2.24, 2.45) is 10.2 Å². The molecule has 0 spiro atoms. The fourth-order valence-corrected chi connectivity index (χ4v) is 0.404. The van der Waals surface area contributed by atoms with Crippen LogP contribution in [0.4, 0.5) is 0 Å². The van der Waals surface area contributed by atoms with Gasteiger partial charge in [-0.15, -0.1) is 5.11 Å². The van der Waals surface area contributed by atoms with Crippen LogP contribution in [0, 0.1) is 0 Å². The van der Waals surface area contributed by atoms with Crippen LogP contribution in [-0.2, 0) is 0 Å². The summed E-state index contributed by atoms with van der Waals surface area (Å²) in [5.74, 6) is 0. The molecule has 1 rings (SSSR count). The first-order valence-corrected chi connectivity index (χ1v) is 2.20. The molecule has 4 heteroatoms. The molecule has 0 aromatic rings. The summed E-state index contributed by atoms with van der Waals surface area (Å²) in [6, 6.07) is 0. The van der Waals surface area contributed by atoms with Crippen LogP contribution >= 0.6 is 0 Å². The van der Waals surface area contributed by atoms with Crippen LogP contribution in [0.3, 0.4) is 0 Å². The molecule has 0 fully saturated rings. The van der Waals surface area contributed by atoms with Crippen molar-refractivity contribution in [2.45, 2.75) is 5.72 Å². The fourth-order valence-electron chi connectivity index (χ4n) is 0.404. The highest BCUT2D eigenvalue weighted by atomic mass is 16.3. The number of rotatable bonds is 1. The number of nitrogens with zero attached hydrogens (tertiary/aromatic N) is 2. The summed E-state index contributed by atoms with van der Waals surface area (Å²) in [6.07, 6.45) is 2.67. The monoisotopic (exact) mass is 114 g/mol. The van der Waals surface area contributed by atoms with E-state index in [1.54, 1.807) is 0 Å². The maximum absolute atomic E-state index is 8.90. The first-order chi connectivity index (χ1) is 3.77. The number of azo groups is 1. The minimum Gasteiger partial charge on any atom is -0.391 e. The smallest absolute Gasteiger partial charge is 0.220 e. The van der Waals surface area contributed by atoms with Gasteiger partial charge in [0.2, 0.25) is 5.72 Å². The van der Waals surface area contributed by atoms with E-state index in [4.69, 9.17) is 10.2 Å². The summed E-state index contributed by atoms with van der Waals surface area (Å²) < 4.78 is 0. The normalized spacial score (nSPS) is 34.2. The Balaban J connectivity index is 2.69. The maximum Gasteiger partial charge on any atom is 0.220 e. The molecule has 1 atom stereocenters. The maximum atomic E-state index is 8.90. The third-order valence-electron chi connectivity index (χ3n) is 0.872. The molecule has 0 aromatic heterocycles. The van der Waals surface area contributed by atoms with Crippen LogP contribution < -0.4 is 0 Å². The second kappa shape index (κ2) is 1.65. The zero-order chi connectivity index (χ0) is 6.04. The summed E-state index contributed by atoms with van der Waals surface area (Å²) in [4.78, 5) is 0. The van der Waals surface area contributed by atoms with Crippen LogP contribution in [0.1, 0.15) is 0 Å². The van der Waals surface area contributed by atoms with Crippen molar-refractivity contribution in [1.82, 2.24) is 0 Å². The summed E-state index contributed by atoms with van der Waals surface area (Å²) in [5, 5.41) is 23.9. The van der Waals surface area contributed by atoms with E-state index in [0.29, 0.717) is 0 Å². The van der Waals surface area contributed by atoms with Crippen molar-refractivity contribution in [2.75, 3.05) is 6.61 Å². The lowest BCUT2D eigenvalue weighted by molar-refractivity contribution is 0.0337. The Morgan fingerprint density at radius 2 is 2.38 bits per heavy atom. The van der Waals surface area contributed by atoms with Gasteiger partial charge in [0.05, 0.1) is 12.8 Å². The molecule has 4 nitrogen and oxygen atoms in total. The van der Waals surface area contributed by atoms with Crippen LogP contribution in [0.25, 0.3) is 0 Å². The van der Waals surface area contributed by atoms with Crippen LogP contribution in [0.2, 0.25) is 0 Å². The van der Waals surface area contributed by atoms with E-state index in [1.165, 1.54) is 12.3 Å². The third kappa shape index (κ3) is 0.753. The molecular weight excluding hydrogens is 108 g/mol. The van der Waals surface area contributed by atoms with E-state index in [9.17, 15) is 0 Å². The molecular formula is C4H6N2O2. The Kier molecular flexibility index (Phi) is 1.11. The summed E-state index contributed by atoms with van der Waals surface area (Å²) in [7, 11) is 0. The van der Waals surface area contributed by atoms with Gasteiger partial charge in [0.15, 0.2) is 0 Å². The lowest BCUT2D eigenvalue weighted by atomic mass is 10.3. The van der Waals surface area contributed by atoms with Crippen molar-refractivity contribution >= 4 is 0 Å². The zero-order valence-corrected chi connectivity index (χ0v) is 4.15. The Morgan fingerprint density at radius 3 is 2.62 bits per heavy atom. The first kappa shape index (κ1) is 5.40. The van der Waals surface area contributed by atoms with Crippen LogP contribution in [-0.4, -0.2) is 22.5 Å². The number of hydrogen-bond donors (Lipinski definition) is 2. The Hall–Kier alpha value is -0.740. The second-order valence-corrected chi connectivity index (χ2v) is 1.57. The van der Waals surface area contributed by atoms with Gasteiger partial charge in [-0.3, -0.25) is 0 Å². The van der Waals surface area contributed by atoms with E-state index >= 15 is 0 Å². The van der Waals surface area contributed by atoms with E-state index in [2.05, 4.69) is 10.2 Å². The number of hydrogen-bond acceptors (Lipinski definition) is 4. The van der Waals surface area contributed by atoms with Gasteiger partial charge in [0, 0.05) is 0 Å². The topological polar surface area (TPSA) is 65.2 Å². The third-order valence-corrected chi connectivity index (χ3v) is 0.872. The molecule has 1 heterocycles. The average molecular weight is 114 g/mol. The molecule has 1 aliphatic rings. The molecule has 0 radical (unpaired) electrons. The average Bonchev–Trinajstić information content (AvgIpc) is 2.17. The molecule has 0 saturated carbocycles. The Labute approximate surface area is 46.2 Å². The largest absolute Gasteiger partial charge is 0.391 e. The quantitative estimate of drug-likeness (QED) is 0.489. The fraction of sp³-hybridized carbons (Fsp3) is 0.500. The van der Waals surface area contributed by atoms with Gasteiger partial charge in [0.25, 0.3) is 0 Å². The minimum atomic E-state index is -1.43. The molecule has 0 bridgehead atoms. The second-order valence-electron chi connectivity index (χ2n) is 1.57. The molecule has 8 heavy (non-hydrogen) atoms. The Bertz CT molecular complexity index is 129. The van der Waals surface area contributed by atoms with Gasteiger partial charge < -0.3 is 10.2 Å². The molecule has 44 valence electrons. The molecule has 0 aromatic carbocycles. The molecule has 0 aliphatic carbocycles. The molecule has 0 saturated heterocycles. The highest BCUT2D eigenvalue weighted by Gasteiger charge is 2.23. The van der Waals surface area contributed by atoms with Gasteiger partial charge in [0.1, 0.15) is 0 Å². The molecule has 1 unspecified atom stereocenters. The van der Waals surface area contributed by atoms with Crippen molar-refractivity contribution in [3.63, 3.8) is 0 Å². The number of aliphatic hydroxyl groups is 2. The van der Waals surface area contributed by atoms with E-state index < -0.39 is 12.3 Å². The summed E-state index contributed by atoms with van der Waals surface area (Å²) in [6.45, 7) is -0.410. The van der Waals surface area contributed by atoms with Crippen molar-refractivity contribution in [3.05, 3.63) is 12.3 Å². The number of aliphatic hydroxyl groups excluding tert-OH is 1. The SMILES string of the molecule is OCC1(O)C=CN=N1. The predicted octanol–water partition coefficient (Wildman–Crippen LogP) is -0.353. The van der Waals surface area contributed by atoms with Gasteiger partial charge in [-0.1, -0.05) is 0 Å². The van der Waals surface area contributed by atoms with E-state index in [1.807, 2.05) is 0 Å². The summed E-state index contributed by atoms with van der Waals surface area (Å²) in [5.41, 5.74) is -1.43. The molecule has 2 N–H and O–H groups in total. The molecule has 1 aliphatic heterocycles. The highest BCUT2D eigenvalue weighted by molar-refractivity contribution is 5.01. The van der Waals surface area contributed by atoms with E-state index in [-0.39, 0.29) is 0 Å². The summed E-state index contributed by atoms with van der Waals surface area (Å²) >= 11 is 0. The van der Waals surface area contributed by atoms with Crippen molar-refractivity contribution < 1.29 is 10.2 Å². The van der Waals surface area contributed by atoms with Crippen LogP contribution in [0.5, 0.6) is 0 Å². The van der Waals surface area contributed by atoms with Crippen molar-refractivity contribution in [3.8, 4) is 0 Å². The highest BCUT2D eigenvalue weighted by Crippen LogP contribution is 2.13. The van der Waals surface area contributed by atoms with Gasteiger partial charge >= 0.3 is 0 Å². The minimum absolute atomic E-state index is 0.410. The lowest BCUT2D eigenvalue weighted by Gasteiger charge is -2.08.